The van der Waals surface area contributed by atoms with Crippen molar-refractivity contribution in [2.45, 2.75) is 6.42 Å². The third-order valence-electron chi connectivity index (χ3n) is 5.69. The quantitative estimate of drug-likeness (QED) is 0.566. The number of nitrogens with zero attached hydrogens (tertiary/aromatic N) is 4. The Labute approximate surface area is 188 Å². The van der Waals surface area contributed by atoms with Crippen molar-refractivity contribution in [3.63, 3.8) is 0 Å². The highest BCUT2D eigenvalue weighted by Crippen LogP contribution is 2.22. The normalized spacial score (nSPS) is 16.5. The summed E-state index contributed by atoms with van der Waals surface area (Å²) in [5.41, 5.74) is 3.58. The first-order chi connectivity index (χ1) is 15.7. The molecule has 0 radical (unpaired) electrons. The molecule has 1 saturated heterocycles. The maximum absolute atomic E-state index is 13.2. The highest BCUT2D eigenvalue weighted by Gasteiger charge is 2.32. The molecule has 3 heterocycles. The molecule has 2 aromatic heterocycles. The van der Waals surface area contributed by atoms with Gasteiger partial charge >= 0.3 is 0 Å². The lowest BCUT2D eigenvalue weighted by atomic mass is 9.96. The Balaban J connectivity index is 1.54. The van der Waals surface area contributed by atoms with Crippen LogP contribution in [0.5, 0.6) is 0 Å². The van der Waals surface area contributed by atoms with Gasteiger partial charge in [0.2, 0.25) is 5.91 Å². The molecular formula is C26H26N4O2. The van der Waals surface area contributed by atoms with Gasteiger partial charge in [-0.2, -0.15) is 0 Å². The zero-order valence-electron chi connectivity index (χ0n) is 17.9. The number of hydrogen-bond donors (Lipinski definition) is 0. The first kappa shape index (κ1) is 21.4. The molecule has 4 rings (SSSR count). The van der Waals surface area contributed by atoms with Crippen molar-refractivity contribution in [2.75, 3.05) is 26.2 Å². The van der Waals surface area contributed by atoms with E-state index in [-0.39, 0.29) is 17.7 Å². The minimum atomic E-state index is -0.325. The van der Waals surface area contributed by atoms with Gasteiger partial charge in [-0.3, -0.25) is 19.6 Å². The van der Waals surface area contributed by atoms with Gasteiger partial charge < -0.3 is 9.80 Å². The summed E-state index contributed by atoms with van der Waals surface area (Å²) in [5.74, 6) is -0.414. The molecule has 3 aromatic rings. The number of carbonyl (C=O) groups excluding carboxylic acids is 2. The second kappa shape index (κ2) is 10.0. The smallest absolute Gasteiger partial charge is 0.272 e. The van der Waals surface area contributed by atoms with Gasteiger partial charge in [0.05, 0.1) is 5.92 Å². The van der Waals surface area contributed by atoms with Gasteiger partial charge in [-0.1, -0.05) is 42.5 Å². The van der Waals surface area contributed by atoms with Gasteiger partial charge in [-0.25, -0.2) is 0 Å². The average molecular weight is 427 g/mol. The SMILES string of the molecule is C=CCN1CCN(C(=O)c2ccccn2)C[C@@H](Cc2ccc(-c3cccnc3)cc2)C1=O. The summed E-state index contributed by atoms with van der Waals surface area (Å²) in [7, 11) is 0. The molecule has 1 aliphatic rings. The Morgan fingerprint density at radius 2 is 1.88 bits per heavy atom. The number of rotatable bonds is 6. The predicted octanol–water partition coefficient (Wildman–Crippen LogP) is 3.47. The van der Waals surface area contributed by atoms with Crippen LogP contribution in [0.1, 0.15) is 16.1 Å². The van der Waals surface area contributed by atoms with Gasteiger partial charge in [0.25, 0.3) is 5.91 Å². The summed E-state index contributed by atoms with van der Waals surface area (Å²) < 4.78 is 0. The van der Waals surface area contributed by atoms with Gasteiger partial charge in [0.15, 0.2) is 0 Å². The van der Waals surface area contributed by atoms with Crippen molar-refractivity contribution in [2.24, 2.45) is 5.92 Å². The second-order valence-corrected chi connectivity index (χ2v) is 7.88. The van der Waals surface area contributed by atoms with Crippen LogP contribution in [0.3, 0.4) is 0 Å². The van der Waals surface area contributed by atoms with Gasteiger partial charge in [0.1, 0.15) is 5.69 Å². The predicted molar refractivity (Wildman–Crippen MR) is 124 cm³/mol. The fourth-order valence-corrected chi connectivity index (χ4v) is 4.02. The fourth-order valence-electron chi connectivity index (χ4n) is 4.02. The molecule has 162 valence electrons. The molecule has 32 heavy (non-hydrogen) atoms. The van der Waals surface area contributed by atoms with Gasteiger partial charge in [0, 0.05) is 44.8 Å². The second-order valence-electron chi connectivity index (χ2n) is 7.88. The minimum Gasteiger partial charge on any atom is -0.337 e. The van der Waals surface area contributed by atoms with E-state index in [1.165, 1.54) is 0 Å². The summed E-state index contributed by atoms with van der Waals surface area (Å²) >= 11 is 0. The molecule has 0 unspecified atom stereocenters. The zero-order valence-corrected chi connectivity index (χ0v) is 17.9. The lowest BCUT2D eigenvalue weighted by Gasteiger charge is -2.23. The molecule has 6 heteroatoms. The largest absolute Gasteiger partial charge is 0.337 e. The maximum atomic E-state index is 13.2. The van der Waals surface area contributed by atoms with Crippen LogP contribution in [0.25, 0.3) is 11.1 Å². The summed E-state index contributed by atoms with van der Waals surface area (Å²) in [6.07, 6.45) is 7.49. The maximum Gasteiger partial charge on any atom is 0.272 e. The van der Waals surface area contributed by atoms with E-state index in [1.54, 1.807) is 46.5 Å². The highest BCUT2D eigenvalue weighted by atomic mass is 16.2. The topological polar surface area (TPSA) is 66.4 Å². The molecule has 6 nitrogen and oxygen atoms in total. The Bertz CT molecular complexity index is 1070. The molecule has 1 atom stereocenters. The van der Waals surface area contributed by atoms with E-state index in [0.29, 0.717) is 38.3 Å². The van der Waals surface area contributed by atoms with E-state index in [1.807, 2.05) is 42.6 Å². The lowest BCUT2D eigenvalue weighted by molar-refractivity contribution is -0.134. The van der Waals surface area contributed by atoms with Crippen molar-refractivity contribution < 1.29 is 9.59 Å². The standard InChI is InChI=1S/C26H26N4O2/c1-2-14-29-15-16-30(26(32)24-7-3-4-13-28-24)19-23(25(29)31)17-20-8-10-21(11-9-20)22-6-5-12-27-18-22/h2-13,18,23H,1,14-17,19H2/t23-/m1/s1. The van der Waals surface area contributed by atoms with Crippen LogP contribution in [0.2, 0.25) is 0 Å². The molecule has 1 aliphatic heterocycles. The van der Waals surface area contributed by atoms with Crippen molar-refractivity contribution in [3.05, 3.63) is 97.1 Å². The fraction of sp³-hybridized carbons (Fsp3) is 0.231. The third kappa shape index (κ3) is 4.91. The van der Waals surface area contributed by atoms with E-state index < -0.39 is 0 Å². The Morgan fingerprint density at radius 3 is 2.56 bits per heavy atom. The van der Waals surface area contributed by atoms with Crippen LogP contribution in [0, 0.1) is 5.92 Å². The summed E-state index contributed by atoms with van der Waals surface area (Å²) in [6, 6.07) is 17.4. The Kier molecular flexibility index (Phi) is 6.70. The average Bonchev–Trinajstić information content (AvgIpc) is 3.00. The van der Waals surface area contributed by atoms with Crippen molar-refractivity contribution >= 4 is 11.8 Å². The van der Waals surface area contributed by atoms with Crippen LogP contribution in [0.15, 0.2) is 85.8 Å². The van der Waals surface area contributed by atoms with Crippen LogP contribution < -0.4 is 0 Å². The molecule has 0 bridgehead atoms. The number of aromatic nitrogens is 2. The molecule has 0 aliphatic carbocycles. The van der Waals surface area contributed by atoms with Crippen molar-refractivity contribution in [1.82, 2.24) is 19.8 Å². The highest BCUT2D eigenvalue weighted by molar-refractivity contribution is 5.93. The number of pyridine rings is 2. The minimum absolute atomic E-state index is 0.0533. The van der Waals surface area contributed by atoms with Crippen molar-refractivity contribution in [3.8, 4) is 11.1 Å². The first-order valence-electron chi connectivity index (χ1n) is 10.7. The number of amides is 2. The molecular weight excluding hydrogens is 400 g/mol. The monoisotopic (exact) mass is 426 g/mol. The van der Waals surface area contributed by atoms with Crippen LogP contribution in [0.4, 0.5) is 0 Å². The molecule has 1 fully saturated rings. The van der Waals surface area contributed by atoms with E-state index in [9.17, 15) is 9.59 Å². The molecule has 1 aromatic carbocycles. The summed E-state index contributed by atoms with van der Waals surface area (Å²) in [4.78, 5) is 38.2. The van der Waals surface area contributed by atoms with Gasteiger partial charge in [-0.05, 0) is 41.3 Å². The summed E-state index contributed by atoms with van der Waals surface area (Å²) in [6.45, 7) is 5.58. The van der Waals surface area contributed by atoms with Gasteiger partial charge in [-0.15, -0.1) is 6.58 Å². The molecule has 0 N–H and O–H groups in total. The molecule has 0 saturated carbocycles. The van der Waals surface area contributed by atoms with E-state index >= 15 is 0 Å². The van der Waals surface area contributed by atoms with Crippen LogP contribution >= 0.6 is 0 Å². The molecule has 0 spiro atoms. The molecule has 2 amide bonds. The first-order valence-corrected chi connectivity index (χ1v) is 10.7. The number of carbonyl (C=O) groups is 2. The van der Waals surface area contributed by atoms with E-state index in [2.05, 4.69) is 16.5 Å². The van der Waals surface area contributed by atoms with Crippen molar-refractivity contribution in [1.29, 1.82) is 0 Å². The van der Waals surface area contributed by atoms with Crippen LogP contribution in [-0.2, 0) is 11.2 Å². The Hall–Kier alpha value is -3.80. The van der Waals surface area contributed by atoms with E-state index in [0.717, 1.165) is 16.7 Å². The number of hydrogen-bond acceptors (Lipinski definition) is 4. The zero-order chi connectivity index (χ0) is 22.3. The summed E-state index contributed by atoms with van der Waals surface area (Å²) in [5, 5.41) is 0. The third-order valence-corrected chi connectivity index (χ3v) is 5.69. The number of benzene rings is 1. The lowest BCUT2D eigenvalue weighted by Crippen LogP contribution is -2.38. The Morgan fingerprint density at radius 1 is 1.03 bits per heavy atom. The van der Waals surface area contributed by atoms with E-state index in [4.69, 9.17) is 0 Å². The van der Waals surface area contributed by atoms with Crippen LogP contribution in [-0.4, -0.2) is 57.8 Å².